The highest BCUT2D eigenvalue weighted by atomic mass is 16.5. The molecular formula is C24H28N4O3. The standard InChI is InChI=1S/C24H28N4O3/c1-17-12-19(27-8-10-28(11-9-27)20-15-30-16-20)13-21(23(17)29-2)26-24-25-14-22(31-24)18-6-4-3-5-7-18/h3-7,12-14,20H,8-11,15-16H2,1-2H3,(H,25,26). The minimum atomic E-state index is 0.448. The van der Waals surface area contributed by atoms with Crippen LogP contribution in [0.4, 0.5) is 17.4 Å². The number of hydrogen-bond acceptors (Lipinski definition) is 7. The molecule has 7 nitrogen and oxygen atoms in total. The smallest absolute Gasteiger partial charge is 0.299 e. The van der Waals surface area contributed by atoms with E-state index in [0.717, 1.165) is 67.7 Å². The van der Waals surface area contributed by atoms with E-state index in [2.05, 4.69) is 39.2 Å². The highest BCUT2D eigenvalue weighted by molar-refractivity contribution is 5.72. The van der Waals surface area contributed by atoms with E-state index in [1.54, 1.807) is 13.3 Å². The van der Waals surface area contributed by atoms with Gasteiger partial charge in [-0.3, -0.25) is 4.90 Å². The summed E-state index contributed by atoms with van der Waals surface area (Å²) >= 11 is 0. The van der Waals surface area contributed by atoms with Gasteiger partial charge < -0.3 is 24.1 Å². The van der Waals surface area contributed by atoms with Gasteiger partial charge in [0.1, 0.15) is 5.75 Å². The molecule has 2 aliphatic rings. The number of anilines is 3. The third-order valence-corrected chi connectivity index (χ3v) is 6.09. The second-order valence-electron chi connectivity index (χ2n) is 8.08. The third kappa shape index (κ3) is 4.11. The summed E-state index contributed by atoms with van der Waals surface area (Å²) in [5.74, 6) is 1.53. The zero-order valence-electron chi connectivity index (χ0n) is 18.0. The molecule has 7 heteroatoms. The number of rotatable bonds is 6. The number of hydrogen-bond donors (Lipinski definition) is 1. The van der Waals surface area contributed by atoms with Crippen molar-refractivity contribution in [1.82, 2.24) is 9.88 Å². The fourth-order valence-electron chi connectivity index (χ4n) is 4.26. The molecule has 1 N–H and O–H groups in total. The maximum absolute atomic E-state index is 5.95. The fourth-order valence-corrected chi connectivity index (χ4v) is 4.26. The molecule has 1 aromatic heterocycles. The average molecular weight is 421 g/mol. The molecule has 0 aliphatic carbocycles. The molecular weight excluding hydrogens is 392 g/mol. The van der Waals surface area contributed by atoms with E-state index < -0.39 is 0 Å². The molecule has 0 radical (unpaired) electrons. The third-order valence-electron chi connectivity index (χ3n) is 6.09. The molecule has 0 atom stereocenters. The van der Waals surface area contributed by atoms with Gasteiger partial charge in [0.05, 0.1) is 38.2 Å². The zero-order chi connectivity index (χ0) is 21.2. The van der Waals surface area contributed by atoms with Gasteiger partial charge in [-0.05, 0) is 24.6 Å². The van der Waals surface area contributed by atoms with Crippen LogP contribution in [-0.4, -0.2) is 62.4 Å². The van der Waals surface area contributed by atoms with Crippen LogP contribution in [0.3, 0.4) is 0 Å². The maximum Gasteiger partial charge on any atom is 0.299 e. The molecule has 2 saturated heterocycles. The van der Waals surface area contributed by atoms with Gasteiger partial charge in [-0.1, -0.05) is 30.3 Å². The van der Waals surface area contributed by atoms with Crippen LogP contribution in [-0.2, 0) is 4.74 Å². The topological polar surface area (TPSA) is 63.0 Å². The normalized spacial score (nSPS) is 17.4. The van der Waals surface area contributed by atoms with Crippen molar-refractivity contribution in [2.45, 2.75) is 13.0 Å². The molecule has 2 aromatic carbocycles. The minimum absolute atomic E-state index is 0.448. The van der Waals surface area contributed by atoms with Crippen molar-refractivity contribution < 1.29 is 13.9 Å². The first-order valence-corrected chi connectivity index (χ1v) is 10.7. The van der Waals surface area contributed by atoms with Crippen LogP contribution in [0.5, 0.6) is 5.75 Å². The second kappa shape index (κ2) is 8.61. The first-order chi connectivity index (χ1) is 15.2. The van der Waals surface area contributed by atoms with E-state index in [9.17, 15) is 0 Å². The van der Waals surface area contributed by atoms with Crippen LogP contribution in [0.2, 0.25) is 0 Å². The van der Waals surface area contributed by atoms with Crippen LogP contribution in [0, 0.1) is 6.92 Å². The SMILES string of the molecule is COc1c(C)cc(N2CCN(C3COC3)CC2)cc1Nc1ncc(-c2ccccc2)o1. The van der Waals surface area contributed by atoms with Gasteiger partial charge in [-0.25, -0.2) is 4.98 Å². The van der Waals surface area contributed by atoms with Gasteiger partial charge in [-0.15, -0.1) is 0 Å². The minimum Gasteiger partial charge on any atom is -0.494 e. The molecule has 0 unspecified atom stereocenters. The van der Waals surface area contributed by atoms with Gasteiger partial charge in [0, 0.05) is 37.4 Å². The molecule has 0 amide bonds. The summed E-state index contributed by atoms with van der Waals surface area (Å²) in [6.07, 6.45) is 1.74. The van der Waals surface area contributed by atoms with Crippen molar-refractivity contribution in [1.29, 1.82) is 0 Å². The number of piperazine rings is 1. The maximum atomic E-state index is 5.95. The largest absolute Gasteiger partial charge is 0.494 e. The molecule has 5 rings (SSSR count). The van der Waals surface area contributed by atoms with Crippen molar-refractivity contribution in [3.05, 3.63) is 54.2 Å². The van der Waals surface area contributed by atoms with Crippen molar-refractivity contribution in [3.63, 3.8) is 0 Å². The van der Waals surface area contributed by atoms with Gasteiger partial charge >= 0.3 is 0 Å². The van der Waals surface area contributed by atoms with E-state index in [-0.39, 0.29) is 0 Å². The summed E-state index contributed by atoms with van der Waals surface area (Å²) in [5.41, 5.74) is 4.11. The molecule has 3 heterocycles. The number of aromatic nitrogens is 1. The van der Waals surface area contributed by atoms with Crippen LogP contribution in [0.1, 0.15) is 5.56 Å². The van der Waals surface area contributed by atoms with Gasteiger partial charge in [0.2, 0.25) is 0 Å². The van der Waals surface area contributed by atoms with Gasteiger partial charge in [0.25, 0.3) is 6.01 Å². The Balaban J connectivity index is 1.35. The molecule has 162 valence electrons. The number of benzene rings is 2. The van der Waals surface area contributed by atoms with Crippen LogP contribution in [0.15, 0.2) is 53.1 Å². The number of aryl methyl sites for hydroxylation is 1. The number of methoxy groups -OCH3 is 1. The average Bonchev–Trinajstić information content (AvgIpc) is 3.22. The summed E-state index contributed by atoms with van der Waals surface area (Å²) in [4.78, 5) is 9.38. The van der Waals surface area contributed by atoms with Crippen LogP contribution >= 0.6 is 0 Å². The highest BCUT2D eigenvalue weighted by Crippen LogP contribution is 2.36. The van der Waals surface area contributed by atoms with E-state index in [0.29, 0.717) is 12.1 Å². The number of oxazole rings is 1. The summed E-state index contributed by atoms with van der Waals surface area (Å²) < 4.78 is 17.0. The Labute approximate surface area is 182 Å². The molecule has 0 saturated carbocycles. The predicted octanol–water partition coefficient (Wildman–Crippen LogP) is 3.92. The lowest BCUT2D eigenvalue weighted by atomic mass is 10.1. The zero-order valence-corrected chi connectivity index (χ0v) is 18.0. The Hall–Kier alpha value is -3.03. The van der Waals surface area contributed by atoms with Gasteiger partial charge in [-0.2, -0.15) is 0 Å². The van der Waals surface area contributed by atoms with Crippen molar-refractivity contribution in [2.24, 2.45) is 0 Å². The lowest BCUT2D eigenvalue weighted by molar-refractivity contribution is -0.0660. The van der Waals surface area contributed by atoms with Crippen molar-refractivity contribution in [2.75, 3.05) is 56.7 Å². The highest BCUT2D eigenvalue weighted by Gasteiger charge is 2.29. The number of nitrogens with zero attached hydrogens (tertiary/aromatic N) is 3. The second-order valence-corrected chi connectivity index (χ2v) is 8.08. The molecule has 3 aromatic rings. The van der Waals surface area contributed by atoms with E-state index in [1.807, 2.05) is 30.3 Å². The van der Waals surface area contributed by atoms with E-state index >= 15 is 0 Å². The fraction of sp³-hybridized carbons (Fsp3) is 0.375. The molecule has 31 heavy (non-hydrogen) atoms. The Morgan fingerprint density at radius 1 is 1.06 bits per heavy atom. The summed E-state index contributed by atoms with van der Waals surface area (Å²) in [6.45, 7) is 7.93. The van der Waals surface area contributed by atoms with E-state index in [4.69, 9.17) is 13.9 Å². The van der Waals surface area contributed by atoms with Crippen LogP contribution in [0.25, 0.3) is 11.3 Å². The first kappa shape index (κ1) is 19.9. The lowest BCUT2D eigenvalue weighted by Gasteiger charge is -2.43. The lowest BCUT2D eigenvalue weighted by Crippen LogP contribution is -2.56. The molecule has 0 spiro atoms. The Morgan fingerprint density at radius 2 is 1.84 bits per heavy atom. The molecule has 2 fully saturated rings. The van der Waals surface area contributed by atoms with Crippen molar-refractivity contribution >= 4 is 17.4 Å². The Morgan fingerprint density at radius 3 is 2.52 bits per heavy atom. The van der Waals surface area contributed by atoms with Crippen LogP contribution < -0.4 is 15.0 Å². The number of nitrogens with one attached hydrogen (secondary N) is 1. The number of ether oxygens (including phenoxy) is 2. The first-order valence-electron chi connectivity index (χ1n) is 10.7. The summed E-state index contributed by atoms with van der Waals surface area (Å²) in [5, 5.41) is 3.32. The van der Waals surface area contributed by atoms with Gasteiger partial charge in [0.15, 0.2) is 5.76 Å². The summed E-state index contributed by atoms with van der Waals surface area (Å²) in [7, 11) is 1.69. The molecule has 0 bridgehead atoms. The summed E-state index contributed by atoms with van der Waals surface area (Å²) in [6, 6.07) is 15.3. The predicted molar refractivity (Wildman–Crippen MR) is 121 cm³/mol. The monoisotopic (exact) mass is 420 g/mol. The van der Waals surface area contributed by atoms with E-state index in [1.165, 1.54) is 5.69 Å². The Bertz CT molecular complexity index is 1020. The molecule has 2 aliphatic heterocycles. The Kier molecular flexibility index (Phi) is 5.53. The quantitative estimate of drug-likeness (QED) is 0.648. The van der Waals surface area contributed by atoms with Crippen molar-refractivity contribution in [3.8, 4) is 17.1 Å².